The Balaban J connectivity index is 1.16. The number of hydrogen-bond acceptors (Lipinski definition) is 16. The van der Waals surface area contributed by atoms with Gasteiger partial charge in [-0.25, -0.2) is 24.3 Å². The molecule has 4 unspecified atom stereocenters. The third kappa shape index (κ3) is 5.25. The average molecular weight is 670 g/mol. The summed E-state index contributed by atoms with van der Waals surface area (Å²) < 4.78 is 65.6. The molecule has 0 aromatic carbocycles. The largest absolute Gasteiger partial charge is 0.386 e. The Kier molecular flexibility index (Phi) is 7.57. The summed E-state index contributed by atoms with van der Waals surface area (Å²) in [7, 11) is 1.38. The molecule has 4 N–H and O–H groups in total. The first-order chi connectivity index (χ1) is 20.9. The van der Waals surface area contributed by atoms with Gasteiger partial charge in [0.1, 0.15) is 54.6 Å². The van der Waals surface area contributed by atoms with Crippen LogP contribution >= 0.6 is 14.2 Å². The summed E-state index contributed by atoms with van der Waals surface area (Å²) in [6.07, 6.45) is -6.82. The lowest BCUT2D eigenvalue weighted by molar-refractivity contribution is -0.0585. The number of aliphatic imine (C=N–C) groups is 1. The number of fused-ring (bicyclic) bond motifs is 4. The minimum absolute atomic E-state index is 0.0560. The van der Waals surface area contributed by atoms with Crippen LogP contribution in [0.3, 0.4) is 0 Å². The molecule has 3 saturated heterocycles. The fourth-order valence-corrected chi connectivity index (χ4v) is 7.84. The van der Waals surface area contributed by atoms with Crippen LogP contribution in [0.5, 0.6) is 0 Å². The van der Waals surface area contributed by atoms with Gasteiger partial charge in [-0.05, 0) is 11.8 Å². The highest BCUT2D eigenvalue weighted by atomic mass is 32.5. The lowest BCUT2D eigenvalue weighted by atomic mass is 10.1. The summed E-state index contributed by atoms with van der Waals surface area (Å²) in [6, 6.07) is 0. The SMILES string of the molecule is [B]P1(=O)OC[C@H]2O[C@@H](n3cnc4c(N)ncnc43)C(F)[C@H]2OP(O)(=S)OC[C@H]2O[C@@H](n3cnc4c3C=NCC4=O)[C@@H](O)C2O1. The summed E-state index contributed by atoms with van der Waals surface area (Å²) in [5.41, 5.74) is 6.57. The number of hydrogen-bond donors (Lipinski definition) is 3. The molecule has 2 radical (unpaired) electrons. The van der Waals surface area contributed by atoms with Crippen LogP contribution in [0.15, 0.2) is 24.0 Å². The minimum atomic E-state index is -4.50. The number of rotatable bonds is 2. The molecule has 0 amide bonds. The minimum Gasteiger partial charge on any atom is -0.386 e. The Morgan fingerprint density at radius 2 is 1.77 bits per heavy atom. The molecular formula is C21H22BFN8O10P2S. The maximum atomic E-state index is 16.0. The maximum Gasteiger partial charge on any atom is 0.325 e. The molecule has 23 heteroatoms. The van der Waals surface area contributed by atoms with Gasteiger partial charge in [0.05, 0.1) is 31.6 Å². The Morgan fingerprint density at radius 3 is 2.59 bits per heavy atom. The third-order valence-corrected chi connectivity index (χ3v) is 10.0. The van der Waals surface area contributed by atoms with Crippen LogP contribution in [0, 0.1) is 0 Å². The van der Waals surface area contributed by atoms with Crippen molar-refractivity contribution < 1.29 is 51.3 Å². The molecular weight excluding hydrogens is 648 g/mol. The van der Waals surface area contributed by atoms with Gasteiger partial charge in [0.2, 0.25) is 13.3 Å². The number of aliphatic hydroxyl groups excluding tert-OH is 1. The van der Waals surface area contributed by atoms with Gasteiger partial charge in [-0.1, -0.05) is 0 Å². The predicted molar refractivity (Wildman–Crippen MR) is 149 cm³/mol. The van der Waals surface area contributed by atoms with E-state index < -0.39 is 76.6 Å². The van der Waals surface area contributed by atoms with E-state index in [9.17, 15) is 19.4 Å². The molecule has 7 rings (SSSR count). The monoisotopic (exact) mass is 670 g/mol. The van der Waals surface area contributed by atoms with Gasteiger partial charge < -0.3 is 38.8 Å². The summed E-state index contributed by atoms with van der Waals surface area (Å²) >= 11 is 5.17. The first-order valence-corrected chi connectivity index (χ1v) is 17.2. The van der Waals surface area contributed by atoms with E-state index in [0.29, 0.717) is 0 Å². The average Bonchev–Trinajstić information content (AvgIpc) is 3.73. The number of anilines is 1. The number of aromatic nitrogens is 6. The van der Waals surface area contributed by atoms with Crippen LogP contribution in [0.25, 0.3) is 11.2 Å². The van der Waals surface area contributed by atoms with Gasteiger partial charge in [0.15, 0.2) is 30.1 Å². The summed E-state index contributed by atoms with van der Waals surface area (Å²) in [6.45, 7) is -5.53. The second kappa shape index (κ2) is 11.1. The Labute approximate surface area is 252 Å². The zero-order valence-electron chi connectivity index (χ0n) is 22.2. The lowest BCUT2D eigenvalue weighted by Gasteiger charge is -2.30. The van der Waals surface area contributed by atoms with Crippen molar-refractivity contribution in [1.29, 1.82) is 0 Å². The number of halogens is 1. The zero-order valence-corrected chi connectivity index (χ0v) is 24.8. The Hall–Kier alpha value is -2.55. The molecule has 10 atom stereocenters. The van der Waals surface area contributed by atoms with Gasteiger partial charge in [-0.15, -0.1) is 0 Å². The number of alkyl halides is 1. The lowest BCUT2D eigenvalue weighted by Crippen LogP contribution is -2.38. The van der Waals surface area contributed by atoms with Crippen molar-refractivity contribution in [3.05, 3.63) is 30.4 Å². The van der Waals surface area contributed by atoms with Crippen molar-refractivity contribution in [2.24, 2.45) is 4.99 Å². The van der Waals surface area contributed by atoms with E-state index in [1.165, 1.54) is 28.0 Å². The van der Waals surface area contributed by atoms with E-state index in [-0.39, 0.29) is 40.7 Å². The normalized spacial score (nSPS) is 39.4. The smallest absolute Gasteiger partial charge is 0.325 e. The predicted octanol–water partition coefficient (Wildman–Crippen LogP) is -0.275. The highest BCUT2D eigenvalue weighted by Gasteiger charge is 2.53. The van der Waals surface area contributed by atoms with Gasteiger partial charge >= 0.3 is 6.72 Å². The third-order valence-electron chi connectivity index (χ3n) is 7.40. The van der Waals surface area contributed by atoms with Crippen LogP contribution in [0.2, 0.25) is 0 Å². The van der Waals surface area contributed by atoms with Crippen molar-refractivity contribution in [3.63, 3.8) is 0 Å². The topological polar surface area (TPSA) is 230 Å². The van der Waals surface area contributed by atoms with Crippen molar-refractivity contribution in [1.82, 2.24) is 29.1 Å². The van der Waals surface area contributed by atoms with E-state index >= 15 is 4.39 Å². The number of carbonyl (C=O) groups excluding carboxylic acids is 1. The Morgan fingerprint density at radius 1 is 1.05 bits per heavy atom. The first-order valence-electron chi connectivity index (χ1n) is 13.0. The van der Waals surface area contributed by atoms with Crippen LogP contribution in [0.1, 0.15) is 28.6 Å². The number of imidazole rings is 2. The fourth-order valence-electron chi connectivity index (χ4n) is 5.38. The molecule has 0 bridgehead atoms. The second-order valence-electron chi connectivity index (χ2n) is 10.2. The molecule has 18 nitrogen and oxygen atoms in total. The molecule has 0 aliphatic carbocycles. The number of aliphatic hydroxyl groups is 1. The van der Waals surface area contributed by atoms with Crippen molar-refractivity contribution >= 4 is 62.5 Å². The highest BCUT2D eigenvalue weighted by Crippen LogP contribution is 2.54. The number of ketones is 1. The summed E-state index contributed by atoms with van der Waals surface area (Å²) in [5.74, 6) is -0.280. The molecule has 0 saturated carbocycles. The zero-order chi connectivity index (χ0) is 31.0. The van der Waals surface area contributed by atoms with E-state index in [2.05, 4.69) is 24.9 Å². The van der Waals surface area contributed by atoms with Gasteiger partial charge in [0, 0.05) is 6.21 Å². The van der Waals surface area contributed by atoms with Gasteiger partial charge in [-0.3, -0.25) is 28.0 Å². The molecule has 3 aromatic heterocycles. The molecule has 7 heterocycles. The first kappa shape index (κ1) is 30.1. The quantitative estimate of drug-likeness (QED) is 0.235. The molecule has 4 aliphatic heterocycles. The van der Waals surface area contributed by atoms with E-state index in [0.717, 1.165) is 6.33 Å². The Bertz CT molecular complexity index is 1760. The van der Waals surface area contributed by atoms with Crippen LogP contribution in [-0.2, 0) is 43.9 Å². The van der Waals surface area contributed by atoms with Crippen molar-refractivity contribution in [2.75, 3.05) is 25.5 Å². The van der Waals surface area contributed by atoms with Crippen LogP contribution in [-0.4, -0.2) is 115 Å². The van der Waals surface area contributed by atoms with Gasteiger partial charge in [0.25, 0.3) is 7.47 Å². The van der Waals surface area contributed by atoms with Crippen molar-refractivity contribution in [2.45, 2.75) is 49.1 Å². The molecule has 3 fully saturated rings. The number of nitrogens with zero attached hydrogens (tertiary/aromatic N) is 7. The molecule has 3 aromatic rings. The van der Waals surface area contributed by atoms with E-state index in [1.54, 1.807) is 0 Å². The van der Waals surface area contributed by atoms with Crippen LogP contribution < -0.4 is 5.73 Å². The number of Topliss-reactive ketones (excluding diaryl/α,β-unsaturated/α-hetero) is 1. The number of ether oxygens (including phenoxy) is 2. The molecule has 0 spiro atoms. The molecule has 232 valence electrons. The second-order valence-corrected chi connectivity index (χ2v) is 14.5. The summed E-state index contributed by atoms with van der Waals surface area (Å²) in [5, 5.41) is 11.2. The number of nitrogen functional groups attached to an aromatic ring is 1. The molecule has 4 aliphatic rings. The maximum absolute atomic E-state index is 16.0. The highest BCUT2D eigenvalue weighted by molar-refractivity contribution is 8.07. The fraction of sp³-hybridized carbons (Fsp3) is 0.524. The summed E-state index contributed by atoms with van der Waals surface area (Å²) in [4.78, 5) is 43.2. The number of carbonyl (C=O) groups is 1. The van der Waals surface area contributed by atoms with Crippen molar-refractivity contribution in [3.8, 4) is 0 Å². The molecule has 44 heavy (non-hydrogen) atoms. The van der Waals surface area contributed by atoms with Gasteiger partial charge in [-0.2, -0.15) is 0 Å². The van der Waals surface area contributed by atoms with E-state index in [1.807, 2.05) is 0 Å². The van der Waals surface area contributed by atoms with Crippen LogP contribution in [0.4, 0.5) is 10.2 Å². The number of nitrogens with two attached hydrogens (primary N) is 1. The van der Waals surface area contributed by atoms with E-state index in [4.69, 9.17) is 52.7 Å². The standard InChI is InChI=1S/C21H22BFN8O10P2S/c22-42(34)36-3-10-16(12(23)20(38-10)31-7-29-14-18(24)26-5-27-19(14)31)41-43(35,44)37-4-11-17(40-42)15(33)21(39-11)30-6-28-13-8(30)1-25-2-9(13)32/h1,5-7,10-12,15-17,20-21,33H,2-4H2,(H,35,44)(H2,24,26,27)/t10-,11-,12?,15+,16+,17?,20-,21-,42?,43?/m1/s1.